The minimum Gasteiger partial charge on any atom is -0.481 e. The third-order valence-corrected chi connectivity index (χ3v) is 2.45. The summed E-state index contributed by atoms with van der Waals surface area (Å²) in [5.41, 5.74) is 0. The minimum absolute atomic E-state index is 0.235. The second-order valence-electron chi connectivity index (χ2n) is 3.60. The fraction of sp³-hybridized carbons (Fsp3) is 0.545. The third-order valence-electron chi connectivity index (χ3n) is 2.45. The molecule has 0 aromatic carbocycles. The van der Waals surface area contributed by atoms with Crippen LogP contribution in [0.2, 0.25) is 0 Å². The normalized spacial score (nSPS) is 21.0. The van der Waals surface area contributed by atoms with E-state index < -0.39 is 0 Å². The van der Waals surface area contributed by atoms with E-state index in [1.165, 1.54) is 0 Å². The monoisotopic (exact) mass is 208 g/mol. The van der Waals surface area contributed by atoms with Crippen LogP contribution in [0.5, 0.6) is 11.8 Å². The Bertz CT molecular complexity index is 311. The summed E-state index contributed by atoms with van der Waals surface area (Å²) in [5, 5.41) is 3.30. The van der Waals surface area contributed by atoms with Crippen LogP contribution in [0.1, 0.15) is 12.8 Å². The zero-order valence-electron chi connectivity index (χ0n) is 8.90. The lowest BCUT2D eigenvalue weighted by Gasteiger charge is -2.23. The van der Waals surface area contributed by atoms with Crippen LogP contribution in [0.25, 0.3) is 0 Å². The molecule has 0 bridgehead atoms. The van der Waals surface area contributed by atoms with Gasteiger partial charge in [0.1, 0.15) is 6.10 Å². The molecule has 1 N–H and O–H groups in total. The summed E-state index contributed by atoms with van der Waals surface area (Å²) >= 11 is 0. The predicted molar refractivity (Wildman–Crippen MR) is 57.3 cm³/mol. The van der Waals surface area contributed by atoms with Gasteiger partial charge in [0, 0.05) is 18.7 Å². The number of nitrogens with one attached hydrogen (secondary N) is 1. The molecule has 0 amide bonds. The van der Waals surface area contributed by atoms with Crippen LogP contribution >= 0.6 is 0 Å². The molecule has 0 unspecified atom stereocenters. The van der Waals surface area contributed by atoms with Crippen molar-refractivity contribution in [3.63, 3.8) is 0 Å². The first kappa shape index (κ1) is 10.2. The predicted octanol–water partition coefficient (Wildman–Crippen LogP) is 1.22. The van der Waals surface area contributed by atoms with Crippen molar-refractivity contribution in [3.05, 3.63) is 18.2 Å². The van der Waals surface area contributed by atoms with Crippen LogP contribution in [0, 0.1) is 0 Å². The quantitative estimate of drug-likeness (QED) is 0.811. The maximum Gasteiger partial charge on any atom is 0.216 e. The van der Waals surface area contributed by atoms with Gasteiger partial charge in [-0.2, -0.15) is 4.98 Å². The molecule has 0 aliphatic carbocycles. The Labute approximate surface area is 89.6 Å². The van der Waals surface area contributed by atoms with Crippen LogP contribution in [-0.2, 0) is 0 Å². The maximum absolute atomic E-state index is 5.74. The first-order valence-electron chi connectivity index (χ1n) is 5.27. The Morgan fingerprint density at radius 1 is 1.40 bits per heavy atom. The highest BCUT2D eigenvalue weighted by atomic mass is 16.5. The molecule has 0 saturated carbocycles. The Morgan fingerprint density at radius 3 is 3.00 bits per heavy atom. The summed E-state index contributed by atoms with van der Waals surface area (Å²) in [5.74, 6) is 1.24. The van der Waals surface area contributed by atoms with Gasteiger partial charge >= 0.3 is 0 Å². The summed E-state index contributed by atoms with van der Waals surface area (Å²) in [6.07, 6.45) is 2.49. The van der Waals surface area contributed by atoms with E-state index in [0.717, 1.165) is 25.9 Å². The first-order chi connectivity index (χ1) is 7.38. The fourth-order valence-corrected chi connectivity index (χ4v) is 1.67. The van der Waals surface area contributed by atoms with Gasteiger partial charge in [-0.05, 0) is 19.4 Å². The molecule has 1 aliphatic rings. The van der Waals surface area contributed by atoms with Crippen LogP contribution in [0.15, 0.2) is 18.2 Å². The smallest absolute Gasteiger partial charge is 0.216 e. The molecule has 1 atom stereocenters. The maximum atomic E-state index is 5.74. The van der Waals surface area contributed by atoms with E-state index in [1.54, 1.807) is 7.11 Å². The van der Waals surface area contributed by atoms with Crippen LogP contribution in [0.3, 0.4) is 0 Å². The number of hydrogen-bond acceptors (Lipinski definition) is 4. The fourth-order valence-electron chi connectivity index (χ4n) is 1.67. The van der Waals surface area contributed by atoms with Gasteiger partial charge in [-0.25, -0.2) is 0 Å². The molecule has 1 aliphatic heterocycles. The summed E-state index contributed by atoms with van der Waals surface area (Å²) in [4.78, 5) is 4.21. The standard InChI is InChI=1S/C11H16N2O2/c1-14-10-5-2-6-11(13-10)15-9-4-3-7-12-8-9/h2,5-6,9,12H,3-4,7-8H2,1H3/t9-/m1/s1. The van der Waals surface area contributed by atoms with E-state index in [-0.39, 0.29) is 6.10 Å². The van der Waals surface area contributed by atoms with E-state index >= 15 is 0 Å². The molecule has 4 nitrogen and oxygen atoms in total. The minimum atomic E-state index is 0.235. The molecule has 1 fully saturated rings. The highest BCUT2D eigenvalue weighted by Crippen LogP contribution is 2.16. The van der Waals surface area contributed by atoms with Gasteiger partial charge in [-0.1, -0.05) is 6.07 Å². The lowest BCUT2D eigenvalue weighted by Crippen LogP contribution is -2.37. The molecule has 4 heteroatoms. The second-order valence-corrected chi connectivity index (χ2v) is 3.60. The Kier molecular flexibility index (Phi) is 3.40. The lowest BCUT2D eigenvalue weighted by molar-refractivity contribution is 0.159. The number of piperidine rings is 1. The van der Waals surface area contributed by atoms with Crippen LogP contribution < -0.4 is 14.8 Å². The van der Waals surface area contributed by atoms with Crippen molar-refractivity contribution in [2.45, 2.75) is 18.9 Å². The number of hydrogen-bond donors (Lipinski definition) is 1. The van der Waals surface area contributed by atoms with Crippen molar-refractivity contribution in [2.24, 2.45) is 0 Å². The molecular weight excluding hydrogens is 192 g/mol. The number of rotatable bonds is 3. The van der Waals surface area contributed by atoms with Crippen molar-refractivity contribution in [1.82, 2.24) is 10.3 Å². The van der Waals surface area contributed by atoms with Gasteiger partial charge in [0.25, 0.3) is 0 Å². The van der Waals surface area contributed by atoms with E-state index in [1.807, 2.05) is 18.2 Å². The number of nitrogens with zero attached hydrogens (tertiary/aromatic N) is 1. The molecule has 15 heavy (non-hydrogen) atoms. The highest BCUT2D eigenvalue weighted by Gasteiger charge is 2.14. The van der Waals surface area contributed by atoms with Gasteiger partial charge in [0.05, 0.1) is 7.11 Å². The molecule has 1 aromatic rings. The van der Waals surface area contributed by atoms with Gasteiger partial charge in [-0.3, -0.25) is 0 Å². The lowest BCUT2D eigenvalue weighted by atomic mass is 10.1. The Hall–Kier alpha value is -1.29. The largest absolute Gasteiger partial charge is 0.481 e. The topological polar surface area (TPSA) is 43.4 Å². The van der Waals surface area contributed by atoms with Crippen molar-refractivity contribution in [1.29, 1.82) is 0 Å². The second kappa shape index (κ2) is 4.98. The van der Waals surface area contributed by atoms with Gasteiger partial charge in [-0.15, -0.1) is 0 Å². The molecule has 0 radical (unpaired) electrons. The summed E-state index contributed by atoms with van der Waals surface area (Å²) in [6, 6.07) is 5.56. The molecule has 1 saturated heterocycles. The Balaban J connectivity index is 1.96. The van der Waals surface area contributed by atoms with E-state index in [9.17, 15) is 0 Å². The van der Waals surface area contributed by atoms with E-state index in [4.69, 9.17) is 9.47 Å². The third kappa shape index (κ3) is 2.83. The average molecular weight is 208 g/mol. The highest BCUT2D eigenvalue weighted by molar-refractivity contribution is 5.19. The van der Waals surface area contributed by atoms with Crippen LogP contribution in [0.4, 0.5) is 0 Å². The Morgan fingerprint density at radius 2 is 2.27 bits per heavy atom. The zero-order chi connectivity index (χ0) is 10.5. The molecule has 2 rings (SSSR count). The van der Waals surface area contributed by atoms with Crippen LogP contribution in [-0.4, -0.2) is 31.3 Å². The number of pyridine rings is 1. The zero-order valence-corrected chi connectivity index (χ0v) is 8.90. The molecule has 1 aromatic heterocycles. The molecule has 0 spiro atoms. The van der Waals surface area contributed by atoms with Crippen molar-refractivity contribution < 1.29 is 9.47 Å². The molecule has 2 heterocycles. The van der Waals surface area contributed by atoms with Gasteiger partial charge in [0.15, 0.2) is 0 Å². The van der Waals surface area contributed by atoms with Crippen molar-refractivity contribution >= 4 is 0 Å². The van der Waals surface area contributed by atoms with Crippen molar-refractivity contribution in [2.75, 3.05) is 20.2 Å². The van der Waals surface area contributed by atoms with Gasteiger partial charge < -0.3 is 14.8 Å². The summed E-state index contributed by atoms with van der Waals surface area (Å²) < 4.78 is 10.8. The van der Waals surface area contributed by atoms with Crippen molar-refractivity contribution in [3.8, 4) is 11.8 Å². The summed E-state index contributed by atoms with van der Waals surface area (Å²) in [6.45, 7) is 1.99. The molecule has 82 valence electrons. The first-order valence-corrected chi connectivity index (χ1v) is 5.27. The number of ether oxygens (including phenoxy) is 2. The number of methoxy groups -OCH3 is 1. The SMILES string of the molecule is COc1cccc(O[C@@H]2CCCNC2)n1. The van der Waals surface area contributed by atoms with E-state index in [2.05, 4.69) is 10.3 Å². The number of aromatic nitrogens is 1. The average Bonchev–Trinajstić information content (AvgIpc) is 2.31. The van der Waals surface area contributed by atoms with E-state index in [0.29, 0.717) is 11.8 Å². The van der Waals surface area contributed by atoms with Gasteiger partial charge in [0.2, 0.25) is 11.8 Å². The summed E-state index contributed by atoms with van der Waals surface area (Å²) in [7, 11) is 1.61. The molecular formula is C11H16N2O2.